The maximum absolute atomic E-state index is 12.4. The summed E-state index contributed by atoms with van der Waals surface area (Å²) in [6.07, 6.45) is 4.15. The first-order valence-electron chi connectivity index (χ1n) is 9.08. The zero-order valence-corrected chi connectivity index (χ0v) is 14.6. The second-order valence-electron chi connectivity index (χ2n) is 6.92. The summed E-state index contributed by atoms with van der Waals surface area (Å²) in [5.41, 5.74) is 5.37. The predicted octanol–water partition coefficient (Wildman–Crippen LogP) is -0.0515. The second kappa shape index (κ2) is 9.01. The first-order chi connectivity index (χ1) is 11.5. The molecular formula is C17H30N4O3. The van der Waals surface area contributed by atoms with E-state index in [0.29, 0.717) is 19.6 Å². The van der Waals surface area contributed by atoms with E-state index in [0.717, 1.165) is 51.7 Å². The van der Waals surface area contributed by atoms with Gasteiger partial charge in [0.25, 0.3) is 0 Å². The SMILES string of the molecule is CCCNC(=O)C1CCN(CC(=O)N2CCCC(C(N)=O)C2)CC1. The van der Waals surface area contributed by atoms with Crippen molar-refractivity contribution in [2.75, 3.05) is 39.3 Å². The summed E-state index contributed by atoms with van der Waals surface area (Å²) in [5, 5.41) is 2.95. The van der Waals surface area contributed by atoms with E-state index in [1.807, 2.05) is 6.92 Å². The lowest BCUT2D eigenvalue weighted by Gasteiger charge is -2.35. The lowest BCUT2D eigenvalue weighted by molar-refractivity contribution is -0.136. The molecule has 0 saturated carbocycles. The molecule has 7 nitrogen and oxygen atoms in total. The molecule has 0 spiro atoms. The molecule has 0 aromatic heterocycles. The van der Waals surface area contributed by atoms with Gasteiger partial charge >= 0.3 is 0 Å². The van der Waals surface area contributed by atoms with E-state index in [1.165, 1.54) is 0 Å². The molecule has 0 aromatic carbocycles. The Bertz CT molecular complexity index is 461. The van der Waals surface area contributed by atoms with Gasteiger partial charge < -0.3 is 16.0 Å². The molecule has 0 aliphatic carbocycles. The predicted molar refractivity (Wildman–Crippen MR) is 91.0 cm³/mol. The number of nitrogens with zero attached hydrogens (tertiary/aromatic N) is 2. The molecule has 1 atom stereocenters. The molecule has 2 rings (SSSR count). The Morgan fingerprint density at radius 1 is 1.08 bits per heavy atom. The molecule has 24 heavy (non-hydrogen) atoms. The molecule has 2 saturated heterocycles. The van der Waals surface area contributed by atoms with Crippen molar-refractivity contribution in [3.8, 4) is 0 Å². The van der Waals surface area contributed by atoms with Crippen molar-refractivity contribution < 1.29 is 14.4 Å². The molecule has 1 unspecified atom stereocenters. The molecular weight excluding hydrogens is 308 g/mol. The van der Waals surface area contributed by atoms with Crippen LogP contribution in [0.4, 0.5) is 0 Å². The van der Waals surface area contributed by atoms with Crippen LogP contribution in [0.15, 0.2) is 0 Å². The van der Waals surface area contributed by atoms with E-state index in [-0.39, 0.29) is 29.6 Å². The third-order valence-electron chi connectivity index (χ3n) is 5.04. The van der Waals surface area contributed by atoms with Gasteiger partial charge in [-0.05, 0) is 45.2 Å². The van der Waals surface area contributed by atoms with Crippen LogP contribution in [0.1, 0.15) is 39.0 Å². The number of amides is 3. The molecule has 2 fully saturated rings. The van der Waals surface area contributed by atoms with Crippen LogP contribution >= 0.6 is 0 Å². The molecule has 0 bridgehead atoms. The normalized spacial score (nSPS) is 23.0. The van der Waals surface area contributed by atoms with E-state index in [2.05, 4.69) is 10.2 Å². The molecule has 3 amide bonds. The summed E-state index contributed by atoms with van der Waals surface area (Å²) in [6.45, 7) is 5.83. The van der Waals surface area contributed by atoms with Crippen LogP contribution in [0, 0.1) is 11.8 Å². The van der Waals surface area contributed by atoms with Gasteiger partial charge in [0.05, 0.1) is 12.5 Å². The minimum Gasteiger partial charge on any atom is -0.369 e. The first-order valence-corrected chi connectivity index (χ1v) is 9.08. The van der Waals surface area contributed by atoms with Crippen LogP contribution in [0.3, 0.4) is 0 Å². The van der Waals surface area contributed by atoms with Crippen molar-refractivity contribution in [1.29, 1.82) is 0 Å². The summed E-state index contributed by atoms with van der Waals surface area (Å²) in [5.74, 6) is -0.253. The molecule has 2 heterocycles. The molecule has 3 N–H and O–H groups in total. The Kier molecular flexibility index (Phi) is 7.02. The number of nitrogens with two attached hydrogens (primary N) is 1. The van der Waals surface area contributed by atoms with Gasteiger partial charge in [0, 0.05) is 25.6 Å². The number of primary amides is 1. The van der Waals surface area contributed by atoms with Crippen molar-refractivity contribution in [1.82, 2.24) is 15.1 Å². The smallest absolute Gasteiger partial charge is 0.236 e. The highest BCUT2D eigenvalue weighted by molar-refractivity contribution is 5.81. The number of carbonyl (C=O) groups excluding carboxylic acids is 3. The van der Waals surface area contributed by atoms with Crippen molar-refractivity contribution in [3.05, 3.63) is 0 Å². The quantitative estimate of drug-likeness (QED) is 0.710. The Morgan fingerprint density at radius 3 is 2.42 bits per heavy atom. The van der Waals surface area contributed by atoms with Gasteiger partial charge in [-0.3, -0.25) is 19.3 Å². The van der Waals surface area contributed by atoms with Crippen LogP contribution < -0.4 is 11.1 Å². The highest BCUT2D eigenvalue weighted by Crippen LogP contribution is 2.19. The third kappa shape index (κ3) is 5.19. The minimum atomic E-state index is -0.314. The minimum absolute atomic E-state index is 0.0647. The second-order valence-corrected chi connectivity index (χ2v) is 6.92. The summed E-state index contributed by atoms with van der Waals surface area (Å²) < 4.78 is 0. The van der Waals surface area contributed by atoms with Crippen LogP contribution in [0.2, 0.25) is 0 Å². The molecule has 0 radical (unpaired) electrons. The van der Waals surface area contributed by atoms with Gasteiger partial charge in [-0.2, -0.15) is 0 Å². The first kappa shape index (κ1) is 18.7. The summed E-state index contributed by atoms with van der Waals surface area (Å²) in [7, 11) is 0. The van der Waals surface area contributed by atoms with Gasteiger partial charge in [-0.15, -0.1) is 0 Å². The molecule has 2 aliphatic heterocycles. The van der Waals surface area contributed by atoms with Crippen LogP contribution in [-0.4, -0.2) is 66.8 Å². The fourth-order valence-electron chi connectivity index (χ4n) is 3.47. The van der Waals surface area contributed by atoms with E-state index < -0.39 is 0 Å². The summed E-state index contributed by atoms with van der Waals surface area (Å²) in [6, 6.07) is 0. The van der Waals surface area contributed by atoms with Gasteiger partial charge in [-0.25, -0.2) is 0 Å². The van der Waals surface area contributed by atoms with Crippen LogP contribution in [-0.2, 0) is 14.4 Å². The van der Waals surface area contributed by atoms with E-state index in [9.17, 15) is 14.4 Å². The lowest BCUT2D eigenvalue weighted by atomic mass is 9.95. The van der Waals surface area contributed by atoms with Crippen molar-refractivity contribution >= 4 is 17.7 Å². The molecule has 7 heteroatoms. The average molecular weight is 338 g/mol. The van der Waals surface area contributed by atoms with Crippen LogP contribution in [0.25, 0.3) is 0 Å². The Labute approximate surface area is 143 Å². The third-order valence-corrected chi connectivity index (χ3v) is 5.04. The lowest BCUT2D eigenvalue weighted by Crippen LogP contribution is -2.49. The maximum atomic E-state index is 12.4. The standard InChI is InChI=1S/C17H30N4O3/c1-2-7-19-17(24)13-5-9-20(10-6-13)12-15(22)21-8-3-4-14(11-21)16(18)23/h13-14H,2-12H2,1H3,(H2,18,23)(H,19,24). The zero-order chi connectivity index (χ0) is 17.5. The number of rotatable bonds is 6. The maximum Gasteiger partial charge on any atom is 0.236 e. The Morgan fingerprint density at radius 2 is 1.79 bits per heavy atom. The topological polar surface area (TPSA) is 95.7 Å². The Hall–Kier alpha value is -1.63. The van der Waals surface area contributed by atoms with Crippen molar-refractivity contribution in [3.63, 3.8) is 0 Å². The highest BCUT2D eigenvalue weighted by Gasteiger charge is 2.30. The number of carbonyl (C=O) groups is 3. The summed E-state index contributed by atoms with van der Waals surface area (Å²) in [4.78, 5) is 39.6. The van der Waals surface area contributed by atoms with Crippen LogP contribution in [0.5, 0.6) is 0 Å². The molecule has 136 valence electrons. The molecule has 0 aromatic rings. The number of likely N-dealkylation sites (tertiary alicyclic amines) is 2. The Balaban J connectivity index is 1.74. The number of piperidine rings is 2. The zero-order valence-electron chi connectivity index (χ0n) is 14.6. The highest BCUT2D eigenvalue weighted by atomic mass is 16.2. The van der Waals surface area contributed by atoms with Gasteiger partial charge in [0.2, 0.25) is 17.7 Å². The van der Waals surface area contributed by atoms with Gasteiger partial charge in [-0.1, -0.05) is 6.92 Å². The monoisotopic (exact) mass is 338 g/mol. The number of hydrogen-bond donors (Lipinski definition) is 2. The number of nitrogens with one attached hydrogen (secondary N) is 1. The fraction of sp³-hybridized carbons (Fsp3) is 0.824. The van der Waals surface area contributed by atoms with E-state index in [1.54, 1.807) is 4.90 Å². The van der Waals surface area contributed by atoms with Crippen molar-refractivity contribution in [2.45, 2.75) is 39.0 Å². The average Bonchev–Trinajstić information content (AvgIpc) is 2.60. The fourth-order valence-corrected chi connectivity index (χ4v) is 3.47. The number of hydrogen-bond acceptors (Lipinski definition) is 4. The molecule has 2 aliphatic rings. The summed E-state index contributed by atoms with van der Waals surface area (Å²) >= 11 is 0. The van der Waals surface area contributed by atoms with Gasteiger partial charge in [0.1, 0.15) is 0 Å². The largest absolute Gasteiger partial charge is 0.369 e. The van der Waals surface area contributed by atoms with E-state index >= 15 is 0 Å². The van der Waals surface area contributed by atoms with E-state index in [4.69, 9.17) is 5.73 Å². The van der Waals surface area contributed by atoms with Crippen molar-refractivity contribution in [2.24, 2.45) is 17.6 Å². The van der Waals surface area contributed by atoms with Gasteiger partial charge in [0.15, 0.2) is 0 Å².